The lowest BCUT2D eigenvalue weighted by Gasteiger charge is -2.09. The summed E-state index contributed by atoms with van der Waals surface area (Å²) in [6, 6.07) is 13.0. The number of anilines is 1. The van der Waals surface area contributed by atoms with E-state index in [-0.39, 0.29) is 11.5 Å². The second kappa shape index (κ2) is 9.56. The fraction of sp³-hybridized carbons (Fsp3) is 0.273. The summed E-state index contributed by atoms with van der Waals surface area (Å²) in [5.74, 6) is -1.42. The van der Waals surface area contributed by atoms with E-state index in [1.807, 2.05) is 12.1 Å². The second-order valence-electron chi connectivity index (χ2n) is 6.32. The van der Waals surface area contributed by atoms with Crippen molar-refractivity contribution in [2.75, 3.05) is 5.32 Å². The first kappa shape index (κ1) is 19.4. The molecule has 1 amide bonds. The van der Waals surface area contributed by atoms with Crippen LogP contribution in [0, 0.1) is 6.92 Å². The number of benzene rings is 2. The fourth-order valence-electron chi connectivity index (χ4n) is 2.72. The molecule has 0 aliphatic rings. The van der Waals surface area contributed by atoms with Gasteiger partial charge in [-0.2, -0.15) is 0 Å². The predicted octanol–water partition coefficient (Wildman–Crippen LogP) is 5.08. The molecule has 2 aromatic rings. The van der Waals surface area contributed by atoms with Crippen molar-refractivity contribution in [1.82, 2.24) is 0 Å². The lowest BCUT2D eigenvalue weighted by Crippen LogP contribution is -2.13. The van der Waals surface area contributed by atoms with Crippen molar-refractivity contribution in [1.29, 1.82) is 0 Å². The Balaban J connectivity index is 2.01. The first-order valence-corrected chi connectivity index (χ1v) is 8.92. The quantitative estimate of drug-likeness (QED) is 0.515. The van der Waals surface area contributed by atoms with E-state index in [0.717, 1.165) is 12.0 Å². The maximum atomic E-state index is 12.2. The van der Waals surface area contributed by atoms with E-state index in [0.29, 0.717) is 11.3 Å². The molecule has 0 heterocycles. The van der Waals surface area contributed by atoms with Gasteiger partial charge in [-0.25, -0.2) is 4.79 Å². The number of unbranched alkanes of at least 4 members (excludes halogenated alkanes) is 2. The number of amides is 1. The van der Waals surface area contributed by atoms with E-state index in [4.69, 9.17) is 0 Å². The highest BCUT2D eigenvalue weighted by Gasteiger charge is 2.13. The Hall–Kier alpha value is -2.88. The average Bonchev–Trinajstić information content (AvgIpc) is 2.63. The first-order valence-electron chi connectivity index (χ1n) is 8.92. The number of hydrogen-bond acceptors (Lipinski definition) is 2. The van der Waals surface area contributed by atoms with E-state index in [9.17, 15) is 14.7 Å². The van der Waals surface area contributed by atoms with E-state index >= 15 is 0 Å². The maximum absolute atomic E-state index is 12.2. The molecule has 0 unspecified atom stereocenters. The summed E-state index contributed by atoms with van der Waals surface area (Å²) in [4.78, 5) is 23.5. The Morgan fingerprint density at radius 3 is 2.46 bits per heavy atom. The Morgan fingerprint density at radius 1 is 1.08 bits per heavy atom. The number of hydrogen-bond donors (Lipinski definition) is 2. The number of aryl methyl sites for hydroxylation is 2. The molecule has 0 spiro atoms. The lowest BCUT2D eigenvalue weighted by atomic mass is 10.1. The number of para-hydroxylation sites is 1. The molecule has 2 N–H and O–H groups in total. The third kappa shape index (κ3) is 5.59. The number of aromatic carboxylic acids is 1. The van der Waals surface area contributed by atoms with Crippen LogP contribution in [0.15, 0.2) is 48.5 Å². The molecular formula is C22H25NO3. The van der Waals surface area contributed by atoms with E-state index < -0.39 is 5.97 Å². The van der Waals surface area contributed by atoms with E-state index in [2.05, 4.69) is 24.4 Å². The van der Waals surface area contributed by atoms with Gasteiger partial charge in [-0.15, -0.1) is 0 Å². The minimum Gasteiger partial charge on any atom is -0.478 e. The summed E-state index contributed by atoms with van der Waals surface area (Å²) in [6.07, 6.45) is 7.85. The zero-order chi connectivity index (χ0) is 18.9. The van der Waals surface area contributed by atoms with Crippen LogP contribution in [0.3, 0.4) is 0 Å². The summed E-state index contributed by atoms with van der Waals surface area (Å²) in [7, 11) is 0. The Labute approximate surface area is 154 Å². The molecule has 0 bridgehead atoms. The SMILES string of the molecule is CCCCCc1ccc(C=CC(=O)Nc2c(C)cccc2C(=O)O)cc1. The van der Waals surface area contributed by atoms with Crippen molar-refractivity contribution < 1.29 is 14.7 Å². The van der Waals surface area contributed by atoms with Gasteiger partial charge in [-0.3, -0.25) is 4.79 Å². The Kier molecular flexibility index (Phi) is 7.15. The Morgan fingerprint density at radius 2 is 1.81 bits per heavy atom. The molecule has 0 aromatic heterocycles. The summed E-state index contributed by atoms with van der Waals surface area (Å²) in [5.41, 5.74) is 3.36. The molecular weight excluding hydrogens is 326 g/mol. The van der Waals surface area contributed by atoms with Crippen LogP contribution in [0.1, 0.15) is 53.2 Å². The minimum atomic E-state index is -1.06. The van der Waals surface area contributed by atoms with Crippen LogP contribution in [-0.4, -0.2) is 17.0 Å². The monoisotopic (exact) mass is 351 g/mol. The number of nitrogens with one attached hydrogen (secondary N) is 1. The number of carboxylic acids is 1. The number of carbonyl (C=O) groups excluding carboxylic acids is 1. The molecule has 4 heteroatoms. The molecule has 0 atom stereocenters. The molecule has 0 aliphatic heterocycles. The normalized spacial score (nSPS) is 10.8. The predicted molar refractivity (Wildman–Crippen MR) is 105 cm³/mol. The van der Waals surface area contributed by atoms with E-state index in [1.165, 1.54) is 37.0 Å². The second-order valence-corrected chi connectivity index (χ2v) is 6.32. The summed E-state index contributed by atoms with van der Waals surface area (Å²) in [5, 5.41) is 11.9. The van der Waals surface area contributed by atoms with Gasteiger partial charge in [-0.1, -0.05) is 56.2 Å². The molecule has 26 heavy (non-hydrogen) atoms. The van der Waals surface area contributed by atoms with Gasteiger partial charge in [0, 0.05) is 6.08 Å². The van der Waals surface area contributed by atoms with Crippen molar-refractivity contribution in [2.24, 2.45) is 0 Å². The van der Waals surface area contributed by atoms with Gasteiger partial charge < -0.3 is 10.4 Å². The molecule has 2 aromatic carbocycles. The van der Waals surface area contributed by atoms with Gasteiger partial charge in [0.2, 0.25) is 5.91 Å². The molecule has 0 fully saturated rings. The minimum absolute atomic E-state index is 0.0863. The molecule has 0 aliphatic carbocycles. The van der Waals surface area contributed by atoms with Gasteiger partial charge in [0.05, 0.1) is 11.3 Å². The van der Waals surface area contributed by atoms with Crippen molar-refractivity contribution in [3.8, 4) is 0 Å². The van der Waals surface area contributed by atoms with Gasteiger partial charge >= 0.3 is 5.97 Å². The number of carbonyl (C=O) groups is 2. The smallest absolute Gasteiger partial charge is 0.337 e. The topological polar surface area (TPSA) is 66.4 Å². The van der Waals surface area contributed by atoms with Crippen LogP contribution in [0.4, 0.5) is 5.69 Å². The van der Waals surface area contributed by atoms with Crippen LogP contribution >= 0.6 is 0 Å². The van der Waals surface area contributed by atoms with Gasteiger partial charge in [0.1, 0.15) is 0 Å². The van der Waals surface area contributed by atoms with Gasteiger partial charge in [0.15, 0.2) is 0 Å². The molecule has 0 saturated carbocycles. The summed E-state index contributed by atoms with van der Waals surface area (Å²) in [6.45, 7) is 3.96. The van der Waals surface area contributed by atoms with Crippen LogP contribution in [0.25, 0.3) is 6.08 Å². The van der Waals surface area contributed by atoms with Gasteiger partial charge in [-0.05, 0) is 48.6 Å². The highest BCUT2D eigenvalue weighted by atomic mass is 16.4. The fourth-order valence-corrected chi connectivity index (χ4v) is 2.72. The van der Waals surface area contributed by atoms with Crippen molar-refractivity contribution in [3.05, 3.63) is 70.8 Å². The molecule has 0 saturated heterocycles. The molecule has 136 valence electrons. The Bertz CT molecular complexity index is 792. The first-order chi connectivity index (χ1) is 12.5. The van der Waals surface area contributed by atoms with E-state index in [1.54, 1.807) is 25.1 Å². The molecule has 0 radical (unpaired) electrons. The molecule has 4 nitrogen and oxygen atoms in total. The van der Waals surface area contributed by atoms with Crippen LogP contribution < -0.4 is 5.32 Å². The van der Waals surface area contributed by atoms with Crippen molar-refractivity contribution in [3.63, 3.8) is 0 Å². The third-order valence-corrected chi connectivity index (χ3v) is 4.23. The summed E-state index contributed by atoms with van der Waals surface area (Å²) >= 11 is 0. The van der Waals surface area contributed by atoms with Crippen LogP contribution in [0.5, 0.6) is 0 Å². The zero-order valence-corrected chi connectivity index (χ0v) is 15.3. The van der Waals surface area contributed by atoms with Crippen molar-refractivity contribution in [2.45, 2.75) is 39.5 Å². The highest BCUT2D eigenvalue weighted by molar-refractivity contribution is 6.06. The molecule has 2 rings (SSSR count). The summed E-state index contributed by atoms with van der Waals surface area (Å²) < 4.78 is 0. The lowest BCUT2D eigenvalue weighted by molar-refractivity contribution is -0.111. The van der Waals surface area contributed by atoms with Crippen LogP contribution in [0.2, 0.25) is 0 Å². The average molecular weight is 351 g/mol. The standard InChI is InChI=1S/C22H25NO3/c1-3-4-5-8-17-10-12-18(13-11-17)14-15-20(24)23-21-16(2)7-6-9-19(21)22(25)26/h6-7,9-15H,3-5,8H2,1-2H3,(H,23,24)(H,25,26). The third-order valence-electron chi connectivity index (χ3n) is 4.23. The van der Waals surface area contributed by atoms with Gasteiger partial charge in [0.25, 0.3) is 0 Å². The largest absolute Gasteiger partial charge is 0.478 e. The van der Waals surface area contributed by atoms with Crippen molar-refractivity contribution >= 4 is 23.6 Å². The van der Waals surface area contributed by atoms with Crippen LogP contribution in [-0.2, 0) is 11.2 Å². The zero-order valence-electron chi connectivity index (χ0n) is 15.3. The maximum Gasteiger partial charge on any atom is 0.337 e. The highest BCUT2D eigenvalue weighted by Crippen LogP contribution is 2.20. The number of rotatable bonds is 8. The number of carboxylic acid groups (broad SMARTS) is 1.